The van der Waals surface area contributed by atoms with Crippen LogP contribution in [-0.4, -0.2) is 84.9 Å². The number of aryl methyl sites for hydroxylation is 2. The number of benzene rings is 1. The van der Waals surface area contributed by atoms with Crippen molar-refractivity contribution in [2.75, 3.05) is 24.5 Å². The molecule has 14 nitrogen and oxygen atoms in total. The number of hydrogen-bond donors (Lipinski definition) is 1. The monoisotopic (exact) mass is 621 g/mol. The standard InChI is InChI=1S/C27H34F3N9O5/c1-26(2,3)44-25(42)36-13-20(14-36)15-37(18-40)23-17-39(35-33-23)10-5-4-9-38-16-22(32-34-38)24(41)31-12-19-7-6-8-21(11-19)43-27(28,29)30/h6-8,11,16-18,20H,4-5,9-10,12-15H2,1-3H3,(H,31,41). The number of anilines is 1. The minimum Gasteiger partial charge on any atom is -0.444 e. The average Bonchev–Trinajstić information content (AvgIpc) is 3.57. The number of rotatable bonds is 13. The van der Waals surface area contributed by atoms with Gasteiger partial charge in [-0.15, -0.1) is 23.4 Å². The van der Waals surface area contributed by atoms with E-state index in [1.165, 1.54) is 34.0 Å². The van der Waals surface area contributed by atoms with Crippen LogP contribution in [0, 0.1) is 5.92 Å². The minimum atomic E-state index is -4.80. The second-order valence-corrected chi connectivity index (χ2v) is 11.3. The van der Waals surface area contributed by atoms with Crippen LogP contribution in [0.25, 0.3) is 0 Å². The highest BCUT2D eigenvalue weighted by molar-refractivity contribution is 5.91. The van der Waals surface area contributed by atoms with Gasteiger partial charge in [-0.05, 0) is 51.3 Å². The molecule has 4 rings (SSSR count). The molecule has 0 unspecified atom stereocenters. The zero-order valence-corrected chi connectivity index (χ0v) is 24.5. The summed E-state index contributed by atoms with van der Waals surface area (Å²) in [6.45, 7) is 7.82. The van der Waals surface area contributed by atoms with Crippen molar-refractivity contribution in [2.45, 2.75) is 65.2 Å². The summed E-state index contributed by atoms with van der Waals surface area (Å²) in [6, 6.07) is 5.32. The summed E-state index contributed by atoms with van der Waals surface area (Å²) in [7, 11) is 0. The number of unbranched alkanes of at least 4 members (excludes halogenated alkanes) is 1. The van der Waals surface area contributed by atoms with Gasteiger partial charge in [0, 0.05) is 45.2 Å². The number of amides is 3. The van der Waals surface area contributed by atoms with E-state index in [9.17, 15) is 27.6 Å². The molecule has 0 bridgehead atoms. The molecule has 1 aliphatic rings. The first-order valence-corrected chi connectivity index (χ1v) is 13.9. The topological polar surface area (TPSA) is 150 Å². The van der Waals surface area contributed by atoms with Crippen molar-refractivity contribution in [1.29, 1.82) is 0 Å². The molecule has 17 heteroatoms. The lowest BCUT2D eigenvalue weighted by Gasteiger charge is -2.40. The van der Waals surface area contributed by atoms with E-state index in [1.807, 2.05) is 20.8 Å². The van der Waals surface area contributed by atoms with Crippen molar-refractivity contribution < 1.29 is 37.0 Å². The van der Waals surface area contributed by atoms with E-state index in [1.54, 1.807) is 21.8 Å². The van der Waals surface area contributed by atoms with E-state index in [2.05, 4.69) is 30.7 Å². The molecule has 3 heterocycles. The molecule has 44 heavy (non-hydrogen) atoms. The van der Waals surface area contributed by atoms with Crippen LogP contribution in [0.1, 0.15) is 49.7 Å². The summed E-state index contributed by atoms with van der Waals surface area (Å²) in [5, 5.41) is 18.6. The molecule has 238 valence electrons. The van der Waals surface area contributed by atoms with Crippen molar-refractivity contribution in [3.05, 3.63) is 47.9 Å². The number of likely N-dealkylation sites (tertiary alicyclic amines) is 1. The van der Waals surface area contributed by atoms with Crippen LogP contribution in [0.2, 0.25) is 0 Å². The van der Waals surface area contributed by atoms with Crippen molar-refractivity contribution in [2.24, 2.45) is 5.92 Å². The molecule has 1 N–H and O–H groups in total. The number of nitrogens with one attached hydrogen (secondary N) is 1. The molecule has 1 aliphatic heterocycles. The smallest absolute Gasteiger partial charge is 0.444 e. The van der Waals surface area contributed by atoms with E-state index in [4.69, 9.17) is 4.74 Å². The van der Waals surface area contributed by atoms with Gasteiger partial charge in [-0.25, -0.2) is 4.79 Å². The van der Waals surface area contributed by atoms with Crippen LogP contribution in [0.3, 0.4) is 0 Å². The Morgan fingerprint density at radius 1 is 1.07 bits per heavy atom. The Balaban J connectivity index is 1.15. The highest BCUT2D eigenvalue weighted by Gasteiger charge is 2.35. The predicted octanol–water partition coefficient (Wildman–Crippen LogP) is 3.01. The molecule has 0 spiro atoms. The fourth-order valence-electron chi connectivity index (χ4n) is 4.34. The van der Waals surface area contributed by atoms with E-state index in [0.29, 0.717) is 63.4 Å². The summed E-state index contributed by atoms with van der Waals surface area (Å²) in [5.74, 6) is -0.369. The lowest BCUT2D eigenvalue weighted by molar-refractivity contribution is -0.274. The maximum Gasteiger partial charge on any atom is 0.573 e. The number of hydrogen-bond acceptors (Lipinski definition) is 9. The first kappa shape index (κ1) is 32.2. The summed E-state index contributed by atoms with van der Waals surface area (Å²) in [4.78, 5) is 39.3. The molecule has 1 aromatic carbocycles. The molecule has 0 atom stereocenters. The number of carbonyl (C=O) groups is 3. The fourth-order valence-corrected chi connectivity index (χ4v) is 4.34. The lowest BCUT2D eigenvalue weighted by Crippen LogP contribution is -2.54. The number of carbonyl (C=O) groups excluding carboxylic acids is 3. The second kappa shape index (κ2) is 13.7. The number of aromatic nitrogens is 6. The van der Waals surface area contributed by atoms with Crippen molar-refractivity contribution in [1.82, 2.24) is 40.2 Å². The van der Waals surface area contributed by atoms with Gasteiger partial charge in [0.25, 0.3) is 5.91 Å². The largest absolute Gasteiger partial charge is 0.573 e. The van der Waals surface area contributed by atoms with E-state index < -0.39 is 17.9 Å². The predicted molar refractivity (Wildman–Crippen MR) is 148 cm³/mol. The average molecular weight is 622 g/mol. The third-order valence-electron chi connectivity index (χ3n) is 6.39. The zero-order chi connectivity index (χ0) is 31.9. The van der Waals surface area contributed by atoms with E-state index in [0.717, 1.165) is 0 Å². The van der Waals surface area contributed by atoms with Gasteiger partial charge in [-0.3, -0.25) is 23.9 Å². The Labute approximate surface area is 251 Å². The molecule has 2 aromatic heterocycles. The molecule has 3 aromatic rings. The first-order valence-electron chi connectivity index (χ1n) is 13.9. The van der Waals surface area contributed by atoms with Crippen LogP contribution in [0.5, 0.6) is 5.75 Å². The number of nitrogens with zero attached hydrogens (tertiary/aromatic N) is 8. The first-order chi connectivity index (χ1) is 20.8. The Morgan fingerprint density at radius 3 is 2.41 bits per heavy atom. The summed E-state index contributed by atoms with van der Waals surface area (Å²) < 4.78 is 49.7. The lowest BCUT2D eigenvalue weighted by atomic mass is 10.0. The SMILES string of the molecule is CC(C)(C)OC(=O)N1CC(CN(C=O)c2cn(CCCCn3cc(C(=O)NCc4cccc(OC(F)(F)F)c4)nn3)nn2)C1. The van der Waals surface area contributed by atoms with E-state index >= 15 is 0 Å². The number of halogens is 3. The molecule has 1 saturated heterocycles. The molecule has 3 amide bonds. The van der Waals surface area contributed by atoms with Crippen LogP contribution in [-0.2, 0) is 29.2 Å². The van der Waals surface area contributed by atoms with Gasteiger partial charge < -0.3 is 19.7 Å². The zero-order valence-electron chi connectivity index (χ0n) is 24.5. The number of alkyl halides is 3. The molecule has 0 aliphatic carbocycles. The van der Waals surface area contributed by atoms with Crippen molar-refractivity contribution >= 4 is 24.2 Å². The van der Waals surface area contributed by atoms with Crippen LogP contribution < -0.4 is 15.0 Å². The molecule has 0 radical (unpaired) electrons. The normalized spacial score (nSPS) is 13.7. The fraction of sp³-hybridized carbons (Fsp3) is 0.519. The highest BCUT2D eigenvalue weighted by atomic mass is 19.4. The van der Waals surface area contributed by atoms with Crippen LogP contribution in [0.4, 0.5) is 23.8 Å². The summed E-state index contributed by atoms with van der Waals surface area (Å²) in [6.07, 6.45) is 0.0793. The Bertz CT molecular complexity index is 1430. The van der Waals surface area contributed by atoms with Gasteiger partial charge in [-0.2, -0.15) is 0 Å². The van der Waals surface area contributed by atoms with Crippen molar-refractivity contribution in [3.8, 4) is 5.75 Å². The van der Waals surface area contributed by atoms with Crippen molar-refractivity contribution in [3.63, 3.8) is 0 Å². The number of ether oxygens (including phenoxy) is 2. The third kappa shape index (κ3) is 9.67. The minimum absolute atomic E-state index is 0.0205. The summed E-state index contributed by atoms with van der Waals surface area (Å²) in [5.41, 5.74) is -0.0692. The molecule has 1 fully saturated rings. The quantitative estimate of drug-likeness (QED) is 0.225. The van der Waals surface area contributed by atoms with Gasteiger partial charge in [0.2, 0.25) is 6.41 Å². The van der Waals surface area contributed by atoms with Gasteiger partial charge in [0.05, 0.1) is 12.4 Å². The van der Waals surface area contributed by atoms with Gasteiger partial charge in [0.1, 0.15) is 11.4 Å². The van der Waals surface area contributed by atoms with Gasteiger partial charge in [-0.1, -0.05) is 22.6 Å². The second-order valence-electron chi connectivity index (χ2n) is 11.3. The van der Waals surface area contributed by atoms with Crippen LogP contribution >= 0.6 is 0 Å². The Kier molecular flexibility index (Phi) is 10.1. The third-order valence-corrected chi connectivity index (χ3v) is 6.39. The molecular weight excluding hydrogens is 587 g/mol. The van der Waals surface area contributed by atoms with Crippen LogP contribution in [0.15, 0.2) is 36.7 Å². The maximum atomic E-state index is 12.4. The molecule has 0 saturated carbocycles. The Hall–Kier alpha value is -4.70. The molecular formula is C27H34F3N9O5. The Morgan fingerprint density at radius 2 is 1.75 bits per heavy atom. The highest BCUT2D eigenvalue weighted by Crippen LogP contribution is 2.24. The van der Waals surface area contributed by atoms with Gasteiger partial charge >= 0.3 is 12.5 Å². The summed E-state index contributed by atoms with van der Waals surface area (Å²) >= 11 is 0. The van der Waals surface area contributed by atoms with Gasteiger partial charge in [0.15, 0.2) is 11.5 Å². The maximum absolute atomic E-state index is 12.4. The van der Waals surface area contributed by atoms with E-state index in [-0.39, 0.29) is 30.0 Å².